The minimum Gasteiger partial charge on any atom is -0.444 e. The Labute approximate surface area is 242 Å². The van der Waals surface area contributed by atoms with Crippen LogP contribution in [0.3, 0.4) is 0 Å². The van der Waals surface area contributed by atoms with Gasteiger partial charge in [0, 0.05) is 38.3 Å². The van der Waals surface area contributed by atoms with Crippen molar-refractivity contribution in [2.45, 2.75) is 51.7 Å². The Balaban J connectivity index is 1.43. The Hall–Kier alpha value is -4.13. The van der Waals surface area contributed by atoms with Crippen LogP contribution < -0.4 is 5.32 Å². The number of fused-ring (bicyclic) bond motifs is 1. The van der Waals surface area contributed by atoms with Crippen LogP contribution in [0, 0.1) is 11.8 Å². The standard InChI is InChI=1S/C34H39N3O4/c1-34(2,3)41-33(40)37-21-26(18-24-12-6-4-7-13-24)27(23-37)22-36(20-25-14-8-5-9-15-25)32(39)29-19-31(38)35-30-17-11-10-16-28(29)30/h4-17,26-27,29H,18-23H2,1-3H3,(H,35,38)/t26-,27+,29?/m1/s1. The van der Waals surface area contributed by atoms with Gasteiger partial charge in [-0.05, 0) is 61.8 Å². The second-order valence-electron chi connectivity index (χ2n) is 12.2. The fraction of sp³-hybridized carbons (Fsp3) is 0.382. The number of para-hydroxylation sites is 1. The smallest absolute Gasteiger partial charge is 0.410 e. The topological polar surface area (TPSA) is 79.0 Å². The predicted molar refractivity (Wildman–Crippen MR) is 159 cm³/mol. The zero-order valence-electron chi connectivity index (χ0n) is 24.1. The molecule has 2 heterocycles. The van der Waals surface area contributed by atoms with E-state index in [1.807, 2.05) is 98.5 Å². The average Bonchev–Trinajstić information content (AvgIpc) is 3.34. The van der Waals surface area contributed by atoms with Crippen LogP contribution in [0.2, 0.25) is 0 Å². The van der Waals surface area contributed by atoms with Gasteiger partial charge in [-0.15, -0.1) is 0 Å². The number of hydrogen-bond acceptors (Lipinski definition) is 4. The van der Waals surface area contributed by atoms with E-state index in [-0.39, 0.29) is 36.2 Å². The van der Waals surface area contributed by atoms with E-state index in [0.717, 1.165) is 17.5 Å². The molecule has 2 aliphatic heterocycles. The first-order valence-electron chi connectivity index (χ1n) is 14.4. The minimum atomic E-state index is -0.589. The number of nitrogens with one attached hydrogen (secondary N) is 1. The summed E-state index contributed by atoms with van der Waals surface area (Å²) >= 11 is 0. The summed E-state index contributed by atoms with van der Waals surface area (Å²) in [5.41, 5.74) is 3.18. The molecule has 3 amide bonds. The largest absolute Gasteiger partial charge is 0.444 e. The predicted octanol–water partition coefficient (Wildman–Crippen LogP) is 5.87. The molecule has 1 saturated heterocycles. The number of carbonyl (C=O) groups is 3. The quantitative estimate of drug-likeness (QED) is 0.397. The Morgan fingerprint density at radius 2 is 1.49 bits per heavy atom. The van der Waals surface area contributed by atoms with Gasteiger partial charge in [-0.25, -0.2) is 4.79 Å². The van der Waals surface area contributed by atoms with Crippen molar-refractivity contribution < 1.29 is 19.1 Å². The lowest BCUT2D eigenvalue weighted by atomic mass is 9.87. The Morgan fingerprint density at radius 3 is 2.17 bits per heavy atom. The van der Waals surface area contributed by atoms with Crippen molar-refractivity contribution in [1.29, 1.82) is 0 Å². The summed E-state index contributed by atoms with van der Waals surface area (Å²) in [4.78, 5) is 43.7. The molecule has 3 aromatic carbocycles. The number of rotatable bonds is 7. The Kier molecular flexibility index (Phi) is 8.43. The molecule has 3 aromatic rings. The van der Waals surface area contributed by atoms with Crippen LogP contribution in [-0.2, 0) is 27.3 Å². The van der Waals surface area contributed by atoms with E-state index >= 15 is 0 Å². The van der Waals surface area contributed by atoms with Gasteiger partial charge in [-0.3, -0.25) is 9.59 Å². The maximum absolute atomic E-state index is 14.3. The summed E-state index contributed by atoms with van der Waals surface area (Å²) in [6, 6.07) is 27.8. The molecule has 2 aliphatic rings. The molecule has 41 heavy (non-hydrogen) atoms. The summed E-state index contributed by atoms with van der Waals surface area (Å²) in [5, 5.41) is 2.91. The minimum absolute atomic E-state index is 0.0445. The fourth-order valence-corrected chi connectivity index (χ4v) is 5.94. The molecule has 1 N–H and O–H groups in total. The highest BCUT2D eigenvalue weighted by Gasteiger charge is 2.40. The van der Waals surface area contributed by atoms with Gasteiger partial charge in [0.25, 0.3) is 0 Å². The second-order valence-corrected chi connectivity index (χ2v) is 12.2. The third-order valence-corrected chi connectivity index (χ3v) is 7.85. The van der Waals surface area contributed by atoms with Crippen molar-refractivity contribution >= 4 is 23.6 Å². The maximum atomic E-state index is 14.3. The molecule has 1 fully saturated rings. The zero-order chi connectivity index (χ0) is 29.0. The summed E-state index contributed by atoms with van der Waals surface area (Å²) in [7, 11) is 0. The molecule has 7 nitrogen and oxygen atoms in total. The van der Waals surface area contributed by atoms with Gasteiger partial charge < -0.3 is 19.9 Å². The highest BCUT2D eigenvalue weighted by Crippen LogP contribution is 2.35. The summed E-state index contributed by atoms with van der Waals surface area (Å²) < 4.78 is 5.72. The van der Waals surface area contributed by atoms with Gasteiger partial charge in [-0.2, -0.15) is 0 Å². The molecule has 214 valence electrons. The first kappa shape index (κ1) is 28.4. The third-order valence-electron chi connectivity index (χ3n) is 7.85. The molecule has 0 radical (unpaired) electrons. The van der Waals surface area contributed by atoms with Crippen LogP contribution in [0.5, 0.6) is 0 Å². The molecular formula is C34H39N3O4. The van der Waals surface area contributed by atoms with Gasteiger partial charge in [0.15, 0.2) is 0 Å². The van der Waals surface area contributed by atoms with Gasteiger partial charge in [0.1, 0.15) is 5.60 Å². The summed E-state index contributed by atoms with van der Waals surface area (Å²) in [5.74, 6) is -0.577. The summed E-state index contributed by atoms with van der Waals surface area (Å²) in [6.45, 7) is 7.60. The van der Waals surface area contributed by atoms with E-state index in [0.29, 0.717) is 31.9 Å². The summed E-state index contributed by atoms with van der Waals surface area (Å²) in [6.07, 6.45) is 0.590. The lowest BCUT2D eigenvalue weighted by Crippen LogP contribution is -2.42. The monoisotopic (exact) mass is 553 g/mol. The van der Waals surface area contributed by atoms with Crippen LogP contribution in [0.1, 0.15) is 49.8 Å². The number of hydrogen-bond donors (Lipinski definition) is 1. The average molecular weight is 554 g/mol. The molecular weight excluding hydrogens is 514 g/mol. The van der Waals surface area contributed by atoms with Crippen molar-refractivity contribution in [2.24, 2.45) is 11.8 Å². The molecule has 0 spiro atoms. The highest BCUT2D eigenvalue weighted by atomic mass is 16.6. The van der Waals surface area contributed by atoms with Gasteiger partial charge >= 0.3 is 6.09 Å². The normalized spacial score (nSPS) is 20.2. The third kappa shape index (κ3) is 7.15. The van der Waals surface area contributed by atoms with Crippen LogP contribution in [0.15, 0.2) is 84.9 Å². The van der Waals surface area contributed by atoms with E-state index in [1.165, 1.54) is 5.56 Å². The van der Waals surface area contributed by atoms with Crippen LogP contribution in [0.4, 0.5) is 10.5 Å². The molecule has 0 aliphatic carbocycles. The van der Waals surface area contributed by atoms with Gasteiger partial charge in [0.05, 0.1) is 5.92 Å². The number of anilines is 1. The van der Waals surface area contributed by atoms with Crippen molar-refractivity contribution in [3.05, 3.63) is 102 Å². The van der Waals surface area contributed by atoms with Crippen molar-refractivity contribution in [3.63, 3.8) is 0 Å². The fourth-order valence-electron chi connectivity index (χ4n) is 5.94. The van der Waals surface area contributed by atoms with Crippen LogP contribution in [-0.4, -0.2) is 52.9 Å². The SMILES string of the molecule is CC(C)(C)OC(=O)N1C[C@@H](Cc2ccccc2)[C@@H](CN(Cc2ccccc2)C(=O)C2CC(=O)Nc3ccccc32)C1. The Morgan fingerprint density at radius 1 is 0.878 bits per heavy atom. The number of carbonyl (C=O) groups excluding carboxylic acids is 3. The van der Waals surface area contributed by atoms with Crippen molar-refractivity contribution in [3.8, 4) is 0 Å². The first-order valence-corrected chi connectivity index (χ1v) is 14.4. The van der Waals surface area contributed by atoms with E-state index in [2.05, 4.69) is 17.4 Å². The lowest BCUT2D eigenvalue weighted by Gasteiger charge is -2.33. The molecule has 3 atom stereocenters. The van der Waals surface area contributed by atoms with Crippen LogP contribution >= 0.6 is 0 Å². The Bertz CT molecular complexity index is 1370. The molecule has 1 unspecified atom stereocenters. The first-order chi connectivity index (χ1) is 19.7. The molecule has 0 saturated carbocycles. The number of benzene rings is 3. The van der Waals surface area contributed by atoms with E-state index in [4.69, 9.17) is 4.74 Å². The molecule has 0 bridgehead atoms. The second kappa shape index (κ2) is 12.2. The van der Waals surface area contributed by atoms with Crippen LogP contribution in [0.25, 0.3) is 0 Å². The number of amides is 3. The maximum Gasteiger partial charge on any atom is 0.410 e. The van der Waals surface area contributed by atoms with Crippen molar-refractivity contribution in [1.82, 2.24) is 9.80 Å². The molecule has 7 heteroatoms. The van der Waals surface area contributed by atoms with Crippen molar-refractivity contribution in [2.75, 3.05) is 25.0 Å². The van der Waals surface area contributed by atoms with E-state index in [9.17, 15) is 14.4 Å². The van der Waals surface area contributed by atoms with Gasteiger partial charge in [0.2, 0.25) is 11.8 Å². The number of nitrogens with zero attached hydrogens (tertiary/aromatic N) is 2. The lowest BCUT2D eigenvalue weighted by molar-refractivity contribution is -0.136. The number of likely N-dealkylation sites (tertiary alicyclic amines) is 1. The van der Waals surface area contributed by atoms with Gasteiger partial charge in [-0.1, -0.05) is 78.9 Å². The van der Waals surface area contributed by atoms with E-state index in [1.54, 1.807) is 4.90 Å². The zero-order valence-corrected chi connectivity index (χ0v) is 24.1. The molecule has 0 aromatic heterocycles. The van der Waals surface area contributed by atoms with E-state index < -0.39 is 11.5 Å². The molecule has 5 rings (SSSR count). The highest BCUT2D eigenvalue weighted by molar-refractivity contribution is 6.01. The number of ether oxygens (including phenoxy) is 1.